The van der Waals surface area contributed by atoms with Gasteiger partial charge >= 0.3 is 0 Å². The maximum Gasteiger partial charge on any atom is 0.228 e. The standard InChI is InChI=1S/C23H34N4O2/c1-17(2)12-21(28)26-11-5-9-23(22(29)25-13-18-7-8-18)16-27(15-19(23)14-26)20-6-3-4-10-24-20/h3-4,6,10,17-19H,5,7-9,11-16H2,1-2H3,(H,25,29)/t19-,23-/m1/s1. The molecule has 3 aliphatic rings. The van der Waals surface area contributed by atoms with E-state index in [1.54, 1.807) is 0 Å². The highest BCUT2D eigenvalue weighted by atomic mass is 16.2. The van der Waals surface area contributed by atoms with Crippen molar-refractivity contribution < 1.29 is 9.59 Å². The molecule has 1 aromatic rings. The van der Waals surface area contributed by atoms with Crippen molar-refractivity contribution in [1.82, 2.24) is 15.2 Å². The van der Waals surface area contributed by atoms with Crippen LogP contribution in [0.4, 0.5) is 5.82 Å². The highest BCUT2D eigenvalue weighted by molar-refractivity contribution is 5.85. The Bertz CT molecular complexity index is 734. The highest BCUT2D eigenvalue weighted by Crippen LogP contribution is 2.44. The van der Waals surface area contributed by atoms with E-state index in [1.807, 2.05) is 29.3 Å². The molecular weight excluding hydrogens is 364 g/mol. The van der Waals surface area contributed by atoms with E-state index in [0.717, 1.165) is 38.3 Å². The highest BCUT2D eigenvalue weighted by Gasteiger charge is 2.53. The van der Waals surface area contributed by atoms with Gasteiger partial charge in [0.1, 0.15) is 5.82 Å². The maximum atomic E-state index is 13.5. The third kappa shape index (κ3) is 4.41. The van der Waals surface area contributed by atoms with Crippen molar-refractivity contribution in [2.45, 2.75) is 46.0 Å². The van der Waals surface area contributed by atoms with Crippen molar-refractivity contribution in [2.24, 2.45) is 23.2 Å². The van der Waals surface area contributed by atoms with Crippen molar-refractivity contribution in [3.05, 3.63) is 24.4 Å². The number of amides is 2. The molecule has 0 spiro atoms. The smallest absolute Gasteiger partial charge is 0.228 e. The Morgan fingerprint density at radius 3 is 2.79 bits per heavy atom. The van der Waals surface area contributed by atoms with Gasteiger partial charge in [0, 0.05) is 51.3 Å². The second-order valence-electron chi connectivity index (χ2n) is 9.62. The lowest BCUT2D eigenvalue weighted by Crippen LogP contribution is -2.48. The van der Waals surface area contributed by atoms with Crippen LogP contribution in [-0.4, -0.2) is 54.4 Å². The molecule has 2 amide bonds. The molecule has 2 aliphatic heterocycles. The lowest BCUT2D eigenvalue weighted by Gasteiger charge is -2.32. The van der Waals surface area contributed by atoms with E-state index in [9.17, 15) is 9.59 Å². The third-order valence-corrected chi connectivity index (χ3v) is 6.80. The zero-order valence-corrected chi connectivity index (χ0v) is 17.8. The summed E-state index contributed by atoms with van der Waals surface area (Å²) in [6.45, 7) is 7.88. The van der Waals surface area contributed by atoms with Gasteiger partial charge in [-0.05, 0) is 49.7 Å². The molecule has 0 bridgehead atoms. The number of hydrogen-bond donors (Lipinski definition) is 1. The normalized spacial score (nSPS) is 26.9. The second-order valence-corrected chi connectivity index (χ2v) is 9.62. The fourth-order valence-electron chi connectivity index (χ4n) is 4.96. The van der Waals surface area contributed by atoms with Crippen molar-refractivity contribution in [3.8, 4) is 0 Å². The Balaban J connectivity index is 1.56. The molecule has 0 aromatic carbocycles. The summed E-state index contributed by atoms with van der Waals surface area (Å²) in [5, 5.41) is 3.26. The Labute approximate surface area is 174 Å². The quantitative estimate of drug-likeness (QED) is 0.800. The zero-order valence-electron chi connectivity index (χ0n) is 17.8. The summed E-state index contributed by atoms with van der Waals surface area (Å²) < 4.78 is 0. The molecule has 1 saturated carbocycles. The van der Waals surface area contributed by atoms with Gasteiger partial charge in [0.2, 0.25) is 11.8 Å². The molecule has 4 rings (SSSR count). The predicted molar refractivity (Wildman–Crippen MR) is 113 cm³/mol. The number of nitrogens with one attached hydrogen (secondary N) is 1. The minimum atomic E-state index is -0.431. The van der Waals surface area contributed by atoms with E-state index in [-0.39, 0.29) is 17.7 Å². The predicted octanol–water partition coefficient (Wildman–Crippen LogP) is 2.70. The van der Waals surface area contributed by atoms with E-state index in [2.05, 4.69) is 29.0 Å². The van der Waals surface area contributed by atoms with Gasteiger partial charge in [-0.2, -0.15) is 0 Å². The molecule has 6 heteroatoms. The van der Waals surface area contributed by atoms with Crippen LogP contribution >= 0.6 is 0 Å². The maximum absolute atomic E-state index is 13.5. The first-order chi connectivity index (χ1) is 14.0. The van der Waals surface area contributed by atoms with Crippen molar-refractivity contribution >= 4 is 17.6 Å². The molecule has 2 atom stereocenters. The molecule has 0 unspecified atom stereocenters. The summed E-state index contributed by atoms with van der Waals surface area (Å²) in [7, 11) is 0. The van der Waals surface area contributed by atoms with Gasteiger partial charge in [-0.15, -0.1) is 0 Å². The first kappa shape index (κ1) is 20.2. The van der Waals surface area contributed by atoms with Gasteiger partial charge < -0.3 is 15.1 Å². The lowest BCUT2D eigenvalue weighted by molar-refractivity contribution is -0.135. The lowest BCUT2D eigenvalue weighted by atomic mass is 9.74. The minimum absolute atomic E-state index is 0.141. The van der Waals surface area contributed by atoms with Crippen LogP contribution in [0.3, 0.4) is 0 Å². The largest absolute Gasteiger partial charge is 0.355 e. The van der Waals surface area contributed by atoms with E-state index >= 15 is 0 Å². The summed E-state index contributed by atoms with van der Waals surface area (Å²) >= 11 is 0. The van der Waals surface area contributed by atoms with Crippen LogP contribution in [0.1, 0.15) is 46.0 Å². The molecule has 3 heterocycles. The van der Waals surface area contributed by atoms with Gasteiger partial charge in [-0.3, -0.25) is 9.59 Å². The summed E-state index contributed by atoms with van der Waals surface area (Å²) in [6, 6.07) is 5.93. The molecule has 1 aliphatic carbocycles. The van der Waals surface area contributed by atoms with E-state index in [0.29, 0.717) is 31.3 Å². The molecule has 0 radical (unpaired) electrons. The first-order valence-corrected chi connectivity index (χ1v) is 11.2. The number of carbonyl (C=O) groups is 2. The Hall–Kier alpha value is -2.11. The number of likely N-dealkylation sites (tertiary alicyclic amines) is 1. The van der Waals surface area contributed by atoms with Gasteiger partial charge in [0.25, 0.3) is 0 Å². The molecule has 1 N–H and O–H groups in total. The molecule has 158 valence electrons. The van der Waals surface area contributed by atoms with Gasteiger partial charge in [-0.25, -0.2) is 4.98 Å². The monoisotopic (exact) mass is 398 g/mol. The van der Waals surface area contributed by atoms with Gasteiger partial charge in [0.15, 0.2) is 0 Å². The van der Waals surface area contributed by atoms with Crippen molar-refractivity contribution in [3.63, 3.8) is 0 Å². The zero-order chi connectivity index (χ0) is 20.4. The fourth-order valence-corrected chi connectivity index (χ4v) is 4.96. The average Bonchev–Trinajstić information content (AvgIpc) is 3.49. The van der Waals surface area contributed by atoms with Crippen molar-refractivity contribution in [2.75, 3.05) is 37.6 Å². The number of hydrogen-bond acceptors (Lipinski definition) is 4. The van der Waals surface area contributed by atoms with Gasteiger partial charge in [0.05, 0.1) is 5.41 Å². The van der Waals surface area contributed by atoms with Crippen molar-refractivity contribution in [1.29, 1.82) is 0 Å². The number of aromatic nitrogens is 1. The fraction of sp³-hybridized carbons (Fsp3) is 0.696. The average molecular weight is 399 g/mol. The topological polar surface area (TPSA) is 65.5 Å². The van der Waals surface area contributed by atoms with E-state index in [4.69, 9.17) is 0 Å². The Morgan fingerprint density at radius 2 is 2.10 bits per heavy atom. The van der Waals surface area contributed by atoms with Gasteiger partial charge in [-0.1, -0.05) is 19.9 Å². The first-order valence-electron chi connectivity index (χ1n) is 11.2. The van der Waals surface area contributed by atoms with Crippen LogP contribution < -0.4 is 10.2 Å². The number of nitrogens with zero attached hydrogens (tertiary/aromatic N) is 3. The number of pyridine rings is 1. The summed E-state index contributed by atoms with van der Waals surface area (Å²) in [6.07, 6.45) is 6.57. The minimum Gasteiger partial charge on any atom is -0.355 e. The molecule has 29 heavy (non-hydrogen) atoms. The molecule has 6 nitrogen and oxygen atoms in total. The molecule has 1 aromatic heterocycles. The number of carbonyl (C=O) groups excluding carboxylic acids is 2. The molecule has 2 saturated heterocycles. The van der Waals surface area contributed by atoms with Crippen LogP contribution in [0.15, 0.2) is 24.4 Å². The van der Waals surface area contributed by atoms with Crippen LogP contribution in [0.2, 0.25) is 0 Å². The van der Waals surface area contributed by atoms with E-state index in [1.165, 1.54) is 12.8 Å². The SMILES string of the molecule is CC(C)CC(=O)N1CCC[C@@]2(C(=O)NCC3CC3)CN(c3ccccn3)C[C@H]2C1. The Kier molecular flexibility index (Phi) is 5.79. The summed E-state index contributed by atoms with van der Waals surface area (Å²) in [5.41, 5.74) is -0.431. The van der Waals surface area contributed by atoms with Crippen LogP contribution in [0.25, 0.3) is 0 Å². The molecule has 3 fully saturated rings. The summed E-state index contributed by atoms with van der Waals surface area (Å²) in [4.78, 5) is 35.0. The molecular formula is C23H34N4O2. The third-order valence-electron chi connectivity index (χ3n) is 6.80. The van der Waals surface area contributed by atoms with Crippen LogP contribution in [0.5, 0.6) is 0 Å². The number of anilines is 1. The van der Waals surface area contributed by atoms with Crippen LogP contribution in [-0.2, 0) is 9.59 Å². The number of fused-ring (bicyclic) bond motifs is 1. The van der Waals surface area contributed by atoms with Crippen LogP contribution in [0, 0.1) is 23.2 Å². The van der Waals surface area contributed by atoms with E-state index < -0.39 is 5.41 Å². The number of rotatable bonds is 6. The second kappa shape index (κ2) is 8.33. The summed E-state index contributed by atoms with van der Waals surface area (Å²) in [5.74, 6) is 2.50. The Morgan fingerprint density at radius 1 is 1.28 bits per heavy atom.